The summed E-state index contributed by atoms with van der Waals surface area (Å²) in [5.41, 5.74) is 1.05. The van der Waals surface area contributed by atoms with Gasteiger partial charge < -0.3 is 25.0 Å². The molecule has 3 amide bonds. The number of hydrogen-bond donors (Lipinski definition) is 2. The number of benzodiazepines with no additional fused rings is 1. The molecule has 0 spiro atoms. The second-order valence-electron chi connectivity index (χ2n) is 11.1. The number of fused-ring (bicyclic) bond motifs is 1. The van der Waals surface area contributed by atoms with Crippen LogP contribution in [0.2, 0.25) is 0 Å². The number of anilines is 1. The molecule has 3 aromatic rings. The fraction of sp³-hybridized carbons (Fsp3) is 0.303. The minimum Gasteiger partial charge on any atom is -0.464 e. The number of carbonyl (C=O) groups is 4. The Morgan fingerprint density at radius 1 is 0.955 bits per heavy atom. The van der Waals surface area contributed by atoms with Crippen LogP contribution in [-0.2, 0) is 30.3 Å². The number of nitrogens with one attached hydrogen (secondary N) is 2. The average molecular weight is 603 g/mol. The Balaban J connectivity index is 1.73. The molecule has 0 saturated heterocycles. The minimum absolute atomic E-state index is 0.0501. The van der Waals surface area contributed by atoms with Crippen LogP contribution >= 0.6 is 0 Å². The molecule has 10 nitrogen and oxygen atoms in total. The Kier molecular flexibility index (Phi) is 10.1. The normalized spacial score (nSPS) is 15.3. The van der Waals surface area contributed by atoms with Crippen molar-refractivity contribution in [1.29, 1.82) is 0 Å². The molecule has 0 fully saturated rings. The number of para-hydroxylation sites is 1. The highest BCUT2D eigenvalue weighted by Gasteiger charge is 2.35. The fourth-order valence-corrected chi connectivity index (χ4v) is 4.65. The summed E-state index contributed by atoms with van der Waals surface area (Å²) in [4.78, 5) is 58.0. The number of benzene rings is 3. The summed E-state index contributed by atoms with van der Waals surface area (Å²) >= 11 is 0. The van der Waals surface area contributed by atoms with Crippen molar-refractivity contribution in [1.82, 2.24) is 10.6 Å². The number of esters is 1. The van der Waals surface area contributed by atoms with Gasteiger partial charge in [-0.1, -0.05) is 60.7 Å². The van der Waals surface area contributed by atoms with E-state index in [2.05, 4.69) is 15.6 Å². The molecule has 0 aliphatic carbocycles. The van der Waals surface area contributed by atoms with Gasteiger partial charge in [0.1, 0.15) is 24.1 Å². The molecule has 0 aromatic heterocycles. The maximum absolute atomic E-state index is 15.1. The van der Waals surface area contributed by atoms with Crippen molar-refractivity contribution in [3.63, 3.8) is 0 Å². The molecule has 4 rings (SSSR count). The molecule has 11 heteroatoms. The summed E-state index contributed by atoms with van der Waals surface area (Å²) in [6, 6.07) is 20.7. The zero-order valence-corrected chi connectivity index (χ0v) is 25.0. The van der Waals surface area contributed by atoms with Crippen LogP contribution in [0.3, 0.4) is 0 Å². The van der Waals surface area contributed by atoms with Gasteiger partial charge in [0.2, 0.25) is 12.1 Å². The van der Waals surface area contributed by atoms with E-state index < -0.39 is 47.5 Å². The Morgan fingerprint density at radius 2 is 1.59 bits per heavy atom. The number of halogens is 1. The quantitative estimate of drug-likeness (QED) is 0.355. The van der Waals surface area contributed by atoms with Crippen LogP contribution in [0.15, 0.2) is 83.9 Å². The third-order valence-electron chi connectivity index (χ3n) is 6.53. The third kappa shape index (κ3) is 8.27. The lowest BCUT2D eigenvalue weighted by atomic mass is 10.00. The van der Waals surface area contributed by atoms with E-state index in [1.165, 1.54) is 30.0 Å². The number of nitrogens with zero attached hydrogens (tertiary/aromatic N) is 2. The lowest BCUT2D eigenvalue weighted by Gasteiger charge is -2.27. The standard InChI is InChI=1S/C33H35FN4O6/c1-21(39)43-19-18-38-27-17-11-9-15-24(27)28(23-14-8-10-16-25(23)34)36-29(31(38)41)37-30(40)26(20-22-12-6-5-7-13-22)35-32(42)44-33(2,3)4/h5-17,26,29H,18-20H2,1-4H3,(H,35,42)(H,37,40)/t26-,29+/m0/s1. The number of ether oxygens (including phenoxy) is 2. The van der Waals surface area contributed by atoms with E-state index in [1.807, 2.05) is 6.07 Å². The summed E-state index contributed by atoms with van der Waals surface area (Å²) in [5, 5.41) is 5.27. The van der Waals surface area contributed by atoms with Crippen molar-refractivity contribution < 1.29 is 33.0 Å². The van der Waals surface area contributed by atoms with E-state index >= 15 is 4.39 Å². The van der Waals surface area contributed by atoms with Crippen LogP contribution in [0.4, 0.5) is 14.9 Å². The summed E-state index contributed by atoms with van der Waals surface area (Å²) in [5.74, 6) is -2.44. The predicted octanol–water partition coefficient (Wildman–Crippen LogP) is 4.15. The highest BCUT2D eigenvalue weighted by Crippen LogP contribution is 2.29. The van der Waals surface area contributed by atoms with Gasteiger partial charge in [-0.2, -0.15) is 0 Å². The zero-order chi connectivity index (χ0) is 31.9. The Hall–Kier alpha value is -5.06. The van der Waals surface area contributed by atoms with Crippen LogP contribution in [0.25, 0.3) is 0 Å². The van der Waals surface area contributed by atoms with Gasteiger partial charge in [0, 0.05) is 24.5 Å². The van der Waals surface area contributed by atoms with Crippen LogP contribution in [0, 0.1) is 5.82 Å². The first kappa shape index (κ1) is 31.9. The first-order valence-electron chi connectivity index (χ1n) is 14.1. The maximum Gasteiger partial charge on any atom is 0.408 e. The Morgan fingerprint density at radius 3 is 2.25 bits per heavy atom. The lowest BCUT2D eigenvalue weighted by molar-refractivity contribution is -0.141. The molecule has 2 atom stereocenters. The highest BCUT2D eigenvalue weighted by molar-refractivity contribution is 6.20. The van der Waals surface area contributed by atoms with Crippen LogP contribution < -0.4 is 15.5 Å². The molecule has 0 bridgehead atoms. The largest absolute Gasteiger partial charge is 0.464 e. The van der Waals surface area contributed by atoms with E-state index in [1.54, 1.807) is 75.4 Å². The average Bonchev–Trinajstić information content (AvgIpc) is 3.07. The van der Waals surface area contributed by atoms with Gasteiger partial charge in [-0.05, 0) is 44.5 Å². The van der Waals surface area contributed by atoms with Gasteiger partial charge in [0.25, 0.3) is 5.91 Å². The van der Waals surface area contributed by atoms with Gasteiger partial charge >= 0.3 is 12.1 Å². The molecule has 0 saturated carbocycles. The molecule has 1 heterocycles. The zero-order valence-electron chi connectivity index (χ0n) is 25.0. The first-order valence-corrected chi connectivity index (χ1v) is 14.1. The molecule has 44 heavy (non-hydrogen) atoms. The van der Waals surface area contributed by atoms with Crippen molar-refractivity contribution >= 4 is 35.3 Å². The molecule has 3 aromatic carbocycles. The maximum atomic E-state index is 15.1. The molecule has 0 unspecified atom stereocenters. The number of amides is 3. The monoisotopic (exact) mass is 602 g/mol. The van der Waals surface area contributed by atoms with Gasteiger partial charge in [0.15, 0.2) is 0 Å². The van der Waals surface area contributed by atoms with E-state index in [4.69, 9.17) is 9.47 Å². The summed E-state index contributed by atoms with van der Waals surface area (Å²) in [6.45, 7) is 6.18. The lowest BCUT2D eigenvalue weighted by Crippen LogP contribution is -2.55. The summed E-state index contributed by atoms with van der Waals surface area (Å²) < 4.78 is 25.6. The van der Waals surface area contributed by atoms with Gasteiger partial charge in [-0.3, -0.25) is 14.4 Å². The third-order valence-corrected chi connectivity index (χ3v) is 6.53. The van der Waals surface area contributed by atoms with Crippen LogP contribution in [0.5, 0.6) is 0 Å². The fourth-order valence-electron chi connectivity index (χ4n) is 4.65. The Bertz CT molecular complexity index is 1550. The Labute approximate surface area is 255 Å². The molecule has 230 valence electrons. The van der Waals surface area contributed by atoms with Crippen LogP contribution in [0.1, 0.15) is 44.4 Å². The summed E-state index contributed by atoms with van der Waals surface area (Å²) in [7, 11) is 0. The van der Waals surface area contributed by atoms with Crippen molar-refractivity contribution in [2.75, 3.05) is 18.1 Å². The van der Waals surface area contributed by atoms with E-state index in [0.717, 1.165) is 5.56 Å². The summed E-state index contributed by atoms with van der Waals surface area (Å²) in [6.07, 6.45) is -2.24. The molecule has 1 aliphatic heterocycles. The molecule has 1 aliphatic rings. The number of carbonyl (C=O) groups excluding carboxylic acids is 4. The number of hydrogen-bond acceptors (Lipinski definition) is 7. The predicted molar refractivity (Wildman–Crippen MR) is 163 cm³/mol. The number of aliphatic imine (C=N–C) groups is 1. The van der Waals surface area contributed by atoms with E-state index in [9.17, 15) is 19.2 Å². The van der Waals surface area contributed by atoms with Crippen molar-refractivity contribution in [3.8, 4) is 0 Å². The molecule has 0 radical (unpaired) electrons. The van der Waals surface area contributed by atoms with Gasteiger partial charge in [-0.15, -0.1) is 0 Å². The number of alkyl carbamates (subject to hydrolysis) is 1. The smallest absolute Gasteiger partial charge is 0.408 e. The van der Waals surface area contributed by atoms with Gasteiger partial charge in [-0.25, -0.2) is 14.2 Å². The van der Waals surface area contributed by atoms with Crippen molar-refractivity contribution in [2.45, 2.75) is 51.9 Å². The number of rotatable bonds is 9. The van der Waals surface area contributed by atoms with Crippen molar-refractivity contribution in [2.24, 2.45) is 4.99 Å². The van der Waals surface area contributed by atoms with E-state index in [-0.39, 0.29) is 30.8 Å². The SMILES string of the molecule is CC(=O)OCCN1C(=O)[C@@H](NC(=O)[C@H](Cc2ccccc2)NC(=O)OC(C)(C)C)N=C(c2ccccc2F)c2ccccc21. The second kappa shape index (κ2) is 13.9. The molecular formula is C33H35FN4O6. The topological polar surface area (TPSA) is 126 Å². The minimum atomic E-state index is -1.51. The highest BCUT2D eigenvalue weighted by atomic mass is 19.1. The van der Waals surface area contributed by atoms with Gasteiger partial charge in [0.05, 0.1) is 17.9 Å². The van der Waals surface area contributed by atoms with Crippen LogP contribution in [-0.4, -0.2) is 60.5 Å². The first-order chi connectivity index (χ1) is 20.9. The molecule has 2 N–H and O–H groups in total. The van der Waals surface area contributed by atoms with E-state index in [0.29, 0.717) is 11.3 Å². The van der Waals surface area contributed by atoms with Crippen molar-refractivity contribution in [3.05, 3.63) is 101 Å². The second-order valence-corrected chi connectivity index (χ2v) is 11.1. The molecular weight excluding hydrogens is 567 g/mol.